The summed E-state index contributed by atoms with van der Waals surface area (Å²) in [5.41, 5.74) is -0.0929. The zero-order chi connectivity index (χ0) is 10.1. The van der Waals surface area contributed by atoms with Crippen LogP contribution in [0.1, 0.15) is 12.5 Å². The standard InChI is InChI=1S/C7H8N4O3/c12-7-6(1-2-8-7)10-4-5(3-9-10)11(13)14/h3-4,6H,1-2H2,(H,8,12). The molecule has 0 bridgehead atoms. The molecule has 1 aliphatic rings. The molecule has 1 fully saturated rings. The van der Waals surface area contributed by atoms with Gasteiger partial charge in [-0.1, -0.05) is 0 Å². The molecule has 0 saturated carbocycles. The van der Waals surface area contributed by atoms with Crippen LogP contribution in [0, 0.1) is 10.1 Å². The number of amides is 1. The first kappa shape index (κ1) is 8.67. The summed E-state index contributed by atoms with van der Waals surface area (Å²) in [5, 5.41) is 16.8. The molecule has 1 aliphatic heterocycles. The third kappa shape index (κ3) is 1.32. The number of carbonyl (C=O) groups excluding carboxylic acids is 1. The van der Waals surface area contributed by atoms with Crippen LogP contribution >= 0.6 is 0 Å². The molecule has 2 rings (SSSR count). The molecule has 0 spiro atoms. The van der Waals surface area contributed by atoms with Gasteiger partial charge in [0.1, 0.15) is 18.4 Å². The first-order valence-corrected chi connectivity index (χ1v) is 4.15. The summed E-state index contributed by atoms with van der Waals surface area (Å²) in [5.74, 6) is -0.136. The second-order valence-corrected chi connectivity index (χ2v) is 3.03. The molecule has 1 aromatic rings. The van der Waals surface area contributed by atoms with Crippen molar-refractivity contribution in [3.05, 3.63) is 22.5 Å². The van der Waals surface area contributed by atoms with E-state index in [9.17, 15) is 14.9 Å². The van der Waals surface area contributed by atoms with Crippen molar-refractivity contribution < 1.29 is 9.72 Å². The normalized spacial score (nSPS) is 20.9. The molecule has 1 unspecified atom stereocenters. The first-order valence-electron chi connectivity index (χ1n) is 4.15. The van der Waals surface area contributed by atoms with Gasteiger partial charge < -0.3 is 5.32 Å². The van der Waals surface area contributed by atoms with Crippen LogP contribution in [0.25, 0.3) is 0 Å². The number of nitro groups is 1. The Labute approximate surface area is 78.9 Å². The Hall–Kier alpha value is -1.92. The number of nitrogens with zero attached hydrogens (tertiary/aromatic N) is 3. The van der Waals surface area contributed by atoms with Crippen molar-refractivity contribution in [1.29, 1.82) is 0 Å². The van der Waals surface area contributed by atoms with Crippen LogP contribution in [0.3, 0.4) is 0 Å². The molecule has 74 valence electrons. The Kier molecular flexibility index (Phi) is 1.91. The van der Waals surface area contributed by atoms with E-state index in [1.165, 1.54) is 10.9 Å². The van der Waals surface area contributed by atoms with Crippen LogP contribution in [0.15, 0.2) is 12.4 Å². The number of hydrogen-bond acceptors (Lipinski definition) is 4. The molecule has 7 heteroatoms. The van der Waals surface area contributed by atoms with E-state index in [0.29, 0.717) is 13.0 Å². The van der Waals surface area contributed by atoms with Crippen molar-refractivity contribution in [1.82, 2.24) is 15.1 Å². The minimum absolute atomic E-state index is 0.0929. The van der Waals surface area contributed by atoms with E-state index in [4.69, 9.17) is 0 Å². The van der Waals surface area contributed by atoms with E-state index < -0.39 is 11.0 Å². The minimum atomic E-state index is -0.531. The molecule has 14 heavy (non-hydrogen) atoms. The molecule has 1 saturated heterocycles. The van der Waals surface area contributed by atoms with Crippen LogP contribution in [0.2, 0.25) is 0 Å². The topological polar surface area (TPSA) is 90.1 Å². The summed E-state index contributed by atoms with van der Waals surface area (Å²) >= 11 is 0. The van der Waals surface area contributed by atoms with E-state index in [1.54, 1.807) is 0 Å². The maximum absolute atomic E-state index is 11.2. The molecule has 1 aromatic heterocycles. The van der Waals surface area contributed by atoms with E-state index in [1.807, 2.05) is 0 Å². The number of aromatic nitrogens is 2. The summed E-state index contributed by atoms with van der Waals surface area (Å²) < 4.78 is 1.33. The fourth-order valence-corrected chi connectivity index (χ4v) is 1.43. The minimum Gasteiger partial charge on any atom is -0.354 e. The Morgan fingerprint density at radius 1 is 1.71 bits per heavy atom. The smallest absolute Gasteiger partial charge is 0.307 e. The number of nitrogens with one attached hydrogen (secondary N) is 1. The second kappa shape index (κ2) is 3.09. The van der Waals surface area contributed by atoms with Gasteiger partial charge in [0.25, 0.3) is 0 Å². The van der Waals surface area contributed by atoms with Crippen molar-refractivity contribution in [2.24, 2.45) is 0 Å². The quantitative estimate of drug-likeness (QED) is 0.526. The van der Waals surface area contributed by atoms with Crippen molar-refractivity contribution in [2.45, 2.75) is 12.5 Å². The molecule has 1 amide bonds. The fraction of sp³-hybridized carbons (Fsp3) is 0.429. The Morgan fingerprint density at radius 2 is 2.50 bits per heavy atom. The molecule has 0 radical (unpaired) electrons. The summed E-state index contributed by atoms with van der Waals surface area (Å²) in [7, 11) is 0. The van der Waals surface area contributed by atoms with Crippen LogP contribution in [0.4, 0.5) is 5.69 Å². The Balaban J connectivity index is 2.24. The summed E-state index contributed by atoms with van der Waals surface area (Å²) in [6.45, 7) is 0.594. The third-order valence-corrected chi connectivity index (χ3v) is 2.14. The Morgan fingerprint density at radius 3 is 3.00 bits per heavy atom. The van der Waals surface area contributed by atoms with Crippen molar-refractivity contribution >= 4 is 11.6 Å². The van der Waals surface area contributed by atoms with Gasteiger partial charge in [0.15, 0.2) is 0 Å². The highest BCUT2D eigenvalue weighted by Gasteiger charge is 2.27. The van der Waals surface area contributed by atoms with Gasteiger partial charge in [-0.2, -0.15) is 5.10 Å². The number of hydrogen-bond donors (Lipinski definition) is 1. The summed E-state index contributed by atoms with van der Waals surface area (Å²) in [6, 6.07) is -0.399. The van der Waals surface area contributed by atoms with Gasteiger partial charge in [-0.25, -0.2) is 0 Å². The predicted octanol–water partition coefficient (Wildman–Crippen LogP) is -0.148. The van der Waals surface area contributed by atoms with E-state index in [2.05, 4.69) is 10.4 Å². The summed E-state index contributed by atoms with van der Waals surface area (Å²) in [4.78, 5) is 21.0. The van der Waals surface area contributed by atoms with E-state index in [-0.39, 0.29) is 11.6 Å². The maximum Gasteiger partial charge on any atom is 0.307 e. The monoisotopic (exact) mass is 196 g/mol. The lowest BCUT2D eigenvalue weighted by Gasteiger charge is -2.04. The predicted molar refractivity (Wildman–Crippen MR) is 45.5 cm³/mol. The van der Waals surface area contributed by atoms with Gasteiger partial charge in [0, 0.05) is 6.54 Å². The zero-order valence-electron chi connectivity index (χ0n) is 7.21. The Bertz CT molecular complexity index is 386. The average molecular weight is 196 g/mol. The van der Waals surface area contributed by atoms with Gasteiger partial charge in [-0.05, 0) is 6.42 Å². The van der Waals surface area contributed by atoms with Gasteiger partial charge in [0.05, 0.1) is 4.92 Å². The molecular weight excluding hydrogens is 188 g/mol. The maximum atomic E-state index is 11.2. The van der Waals surface area contributed by atoms with Gasteiger partial charge in [-0.15, -0.1) is 0 Å². The van der Waals surface area contributed by atoms with E-state index in [0.717, 1.165) is 6.20 Å². The van der Waals surface area contributed by atoms with Crippen LogP contribution < -0.4 is 5.32 Å². The lowest BCUT2D eigenvalue weighted by molar-refractivity contribution is -0.385. The highest BCUT2D eigenvalue weighted by molar-refractivity contribution is 5.82. The molecule has 1 N–H and O–H groups in total. The SMILES string of the molecule is O=C1NCCC1n1cc([N+](=O)[O-])cn1. The molecule has 2 heterocycles. The van der Waals surface area contributed by atoms with Gasteiger partial charge >= 0.3 is 5.69 Å². The van der Waals surface area contributed by atoms with Gasteiger partial charge in [-0.3, -0.25) is 19.6 Å². The molecule has 0 aromatic carbocycles. The highest BCUT2D eigenvalue weighted by Crippen LogP contribution is 2.18. The molecular formula is C7H8N4O3. The van der Waals surface area contributed by atoms with Crippen molar-refractivity contribution in [2.75, 3.05) is 6.54 Å². The van der Waals surface area contributed by atoms with Crippen LogP contribution in [0.5, 0.6) is 0 Å². The number of carbonyl (C=O) groups is 1. The molecule has 7 nitrogen and oxygen atoms in total. The first-order chi connectivity index (χ1) is 6.68. The van der Waals surface area contributed by atoms with Crippen LogP contribution in [-0.4, -0.2) is 27.2 Å². The largest absolute Gasteiger partial charge is 0.354 e. The van der Waals surface area contributed by atoms with Gasteiger partial charge in [0.2, 0.25) is 5.91 Å². The summed E-state index contributed by atoms with van der Waals surface area (Å²) in [6.07, 6.45) is 3.04. The van der Waals surface area contributed by atoms with E-state index >= 15 is 0 Å². The van der Waals surface area contributed by atoms with Crippen LogP contribution in [-0.2, 0) is 4.79 Å². The zero-order valence-corrected chi connectivity index (χ0v) is 7.21. The lowest BCUT2D eigenvalue weighted by Crippen LogP contribution is -2.22. The van der Waals surface area contributed by atoms with Crippen molar-refractivity contribution in [3.8, 4) is 0 Å². The molecule has 0 aliphatic carbocycles. The van der Waals surface area contributed by atoms with Crippen molar-refractivity contribution in [3.63, 3.8) is 0 Å². The number of rotatable bonds is 2. The molecule has 1 atom stereocenters. The fourth-order valence-electron chi connectivity index (χ4n) is 1.43. The third-order valence-electron chi connectivity index (χ3n) is 2.14. The highest BCUT2D eigenvalue weighted by atomic mass is 16.6. The lowest BCUT2D eigenvalue weighted by atomic mass is 10.2. The average Bonchev–Trinajstić information content (AvgIpc) is 2.71. The second-order valence-electron chi connectivity index (χ2n) is 3.03.